The van der Waals surface area contributed by atoms with E-state index >= 15 is 0 Å². The summed E-state index contributed by atoms with van der Waals surface area (Å²) in [5.74, 6) is 0.162. The molecule has 0 bridgehead atoms. The second-order valence-corrected chi connectivity index (χ2v) is 13.8. The zero-order chi connectivity index (χ0) is 26.5. The average molecular weight is 577 g/mol. The maximum absolute atomic E-state index is 13.8. The molecule has 0 radical (unpaired) electrons. The van der Waals surface area contributed by atoms with E-state index in [1.807, 2.05) is 6.07 Å². The number of hydrogen-bond acceptors (Lipinski definition) is 3. The molecule has 3 aromatic rings. The maximum Gasteiger partial charge on any atom is 0.284 e. The molecule has 5 rings (SSSR count). The lowest BCUT2D eigenvalue weighted by atomic mass is 10.2. The van der Waals surface area contributed by atoms with Crippen LogP contribution in [0, 0.1) is 0 Å². The molecular formula is C28H36Cl2N5O2P. The molecule has 0 spiro atoms. The third kappa shape index (κ3) is 5.68. The van der Waals surface area contributed by atoms with Crippen molar-refractivity contribution in [2.75, 3.05) is 32.8 Å². The van der Waals surface area contributed by atoms with Crippen molar-refractivity contribution in [2.45, 2.75) is 58.4 Å². The Morgan fingerprint density at radius 2 is 1.63 bits per heavy atom. The second kappa shape index (κ2) is 12.5. The first-order valence-electron chi connectivity index (χ1n) is 13.7. The Bertz CT molecular complexity index is 1310. The van der Waals surface area contributed by atoms with Gasteiger partial charge >= 0.3 is 0 Å². The predicted molar refractivity (Wildman–Crippen MR) is 157 cm³/mol. The number of rotatable bonds is 8. The van der Waals surface area contributed by atoms with Crippen molar-refractivity contribution in [3.05, 3.63) is 52.5 Å². The van der Waals surface area contributed by atoms with Gasteiger partial charge < -0.3 is 4.74 Å². The van der Waals surface area contributed by atoms with Gasteiger partial charge in [-0.1, -0.05) is 61.2 Å². The van der Waals surface area contributed by atoms with E-state index in [0.717, 1.165) is 81.2 Å². The summed E-state index contributed by atoms with van der Waals surface area (Å²) in [6, 6.07) is 13.3. The fourth-order valence-electron chi connectivity index (χ4n) is 5.60. The first-order valence-corrected chi connectivity index (χ1v) is 16.1. The van der Waals surface area contributed by atoms with E-state index in [-0.39, 0.29) is 12.5 Å². The van der Waals surface area contributed by atoms with Crippen LogP contribution in [0.4, 0.5) is 0 Å². The van der Waals surface area contributed by atoms with Crippen molar-refractivity contribution in [3.63, 3.8) is 0 Å². The molecule has 7 nitrogen and oxygen atoms in total. The number of ether oxygens (including phenoxy) is 1. The number of fused-ring (bicyclic) bond motifs is 1. The number of nitrogens with zero attached hydrogens (tertiary/aromatic N) is 5. The van der Waals surface area contributed by atoms with Crippen molar-refractivity contribution >= 4 is 52.8 Å². The lowest BCUT2D eigenvalue weighted by Crippen LogP contribution is -2.44. The molecule has 0 aliphatic carbocycles. The molecule has 2 aliphatic rings. The van der Waals surface area contributed by atoms with Crippen LogP contribution >= 0.6 is 30.6 Å². The zero-order valence-electron chi connectivity index (χ0n) is 22.0. The molecule has 2 aromatic carbocycles. The number of halogens is 2. The normalized spacial score (nSPS) is 17.6. The van der Waals surface area contributed by atoms with Gasteiger partial charge in [0.2, 0.25) is 0 Å². The van der Waals surface area contributed by atoms with E-state index in [9.17, 15) is 4.79 Å². The number of piperidine rings is 2. The van der Waals surface area contributed by atoms with Crippen LogP contribution in [0.1, 0.15) is 51.9 Å². The number of amides is 1. The Balaban J connectivity index is 1.66. The average Bonchev–Trinajstić information content (AvgIpc) is 3.31. The van der Waals surface area contributed by atoms with Crippen LogP contribution in [0.15, 0.2) is 47.2 Å². The highest BCUT2D eigenvalue weighted by atomic mass is 35.5. The van der Waals surface area contributed by atoms with Crippen LogP contribution in [0.2, 0.25) is 10.0 Å². The number of hydrogen-bond donors (Lipinski definition) is 0. The molecule has 1 aromatic heterocycles. The van der Waals surface area contributed by atoms with E-state index in [1.54, 1.807) is 18.2 Å². The van der Waals surface area contributed by atoms with Crippen molar-refractivity contribution in [2.24, 2.45) is 4.74 Å². The highest BCUT2D eigenvalue weighted by molar-refractivity contribution is 7.70. The Morgan fingerprint density at radius 1 is 0.974 bits per heavy atom. The molecule has 2 aliphatic heterocycles. The molecule has 0 unspecified atom stereocenters. The molecule has 3 heterocycles. The Hall–Kier alpha value is -1.89. The van der Waals surface area contributed by atoms with E-state index in [2.05, 4.69) is 39.1 Å². The minimum atomic E-state index is -2.65. The lowest BCUT2D eigenvalue weighted by molar-refractivity contribution is -0.119. The van der Waals surface area contributed by atoms with Gasteiger partial charge in [-0.3, -0.25) is 18.8 Å². The van der Waals surface area contributed by atoms with Gasteiger partial charge in [0.25, 0.3) is 5.91 Å². The van der Waals surface area contributed by atoms with Crippen LogP contribution < -0.4 is 10.2 Å². The fourth-order valence-corrected chi connectivity index (χ4v) is 10.3. The third-order valence-corrected chi connectivity index (χ3v) is 11.7. The summed E-state index contributed by atoms with van der Waals surface area (Å²) in [6.07, 6.45) is 7.79. The summed E-state index contributed by atoms with van der Waals surface area (Å²) < 4.78 is 18.3. The molecule has 0 N–H and O–H groups in total. The van der Waals surface area contributed by atoms with Crippen molar-refractivity contribution < 1.29 is 9.53 Å². The molecular weight excluding hydrogens is 540 g/mol. The maximum atomic E-state index is 13.8. The highest BCUT2D eigenvalue weighted by Gasteiger charge is 2.42. The molecule has 1 amide bonds. The molecule has 38 heavy (non-hydrogen) atoms. The summed E-state index contributed by atoms with van der Waals surface area (Å²) in [4.78, 5) is 13.8. The van der Waals surface area contributed by atoms with Gasteiger partial charge in [-0.25, -0.2) is 0 Å². The van der Waals surface area contributed by atoms with Gasteiger partial charge in [-0.2, -0.15) is 9.84 Å². The lowest BCUT2D eigenvalue weighted by Gasteiger charge is -2.46. The number of carbonyl (C=O) groups excluding carboxylic acids is 1. The SMILES string of the molecule is CCCn1nc2ccccc2c1P(=NC(=O)COc1ccc(Cl)cc1Cl)(N1CCCCC1)N1CCCCC1. The Kier molecular flexibility index (Phi) is 9.12. The monoisotopic (exact) mass is 575 g/mol. The molecule has 10 heteroatoms. The third-order valence-electron chi connectivity index (χ3n) is 7.29. The van der Waals surface area contributed by atoms with Crippen LogP contribution in [0.5, 0.6) is 5.75 Å². The molecule has 2 fully saturated rings. The van der Waals surface area contributed by atoms with E-state index in [4.69, 9.17) is 37.8 Å². The van der Waals surface area contributed by atoms with E-state index in [0.29, 0.717) is 15.8 Å². The van der Waals surface area contributed by atoms with Gasteiger partial charge in [-0.05, 0) is 56.4 Å². The molecule has 2 saturated heterocycles. The smallest absolute Gasteiger partial charge is 0.284 e. The summed E-state index contributed by atoms with van der Waals surface area (Å²) in [5, 5.41) is 7.04. The summed E-state index contributed by atoms with van der Waals surface area (Å²) in [5.41, 5.74) is 2.07. The number of benzene rings is 2. The van der Waals surface area contributed by atoms with Crippen LogP contribution in [0.25, 0.3) is 10.9 Å². The highest BCUT2D eigenvalue weighted by Crippen LogP contribution is 2.58. The second-order valence-electron chi connectivity index (χ2n) is 10.0. The number of aryl methyl sites for hydroxylation is 1. The number of aromatic nitrogens is 2. The molecule has 0 atom stereocenters. The molecule has 0 saturated carbocycles. The van der Waals surface area contributed by atoms with Gasteiger partial charge in [0, 0.05) is 43.1 Å². The quantitative estimate of drug-likeness (QED) is 0.271. The van der Waals surface area contributed by atoms with Gasteiger partial charge in [0.15, 0.2) is 14.0 Å². The van der Waals surface area contributed by atoms with Gasteiger partial charge in [0.1, 0.15) is 11.2 Å². The van der Waals surface area contributed by atoms with E-state index < -0.39 is 7.36 Å². The fraction of sp³-hybridized carbons (Fsp3) is 0.500. The molecule has 204 valence electrons. The van der Waals surface area contributed by atoms with Gasteiger partial charge in [0.05, 0.1) is 10.5 Å². The van der Waals surface area contributed by atoms with Crippen LogP contribution in [0.3, 0.4) is 0 Å². The summed E-state index contributed by atoms with van der Waals surface area (Å²) in [7, 11) is -2.65. The van der Waals surface area contributed by atoms with E-state index in [1.165, 1.54) is 12.8 Å². The Morgan fingerprint density at radius 3 is 2.26 bits per heavy atom. The predicted octanol–water partition coefficient (Wildman–Crippen LogP) is 6.99. The largest absolute Gasteiger partial charge is 0.482 e. The van der Waals surface area contributed by atoms with Crippen molar-refractivity contribution in [1.29, 1.82) is 0 Å². The van der Waals surface area contributed by atoms with Crippen LogP contribution in [-0.2, 0) is 11.3 Å². The van der Waals surface area contributed by atoms with Crippen LogP contribution in [-0.4, -0.2) is 57.8 Å². The first-order chi connectivity index (χ1) is 18.5. The van der Waals surface area contributed by atoms with Gasteiger partial charge in [-0.15, -0.1) is 0 Å². The summed E-state index contributed by atoms with van der Waals surface area (Å²) in [6.45, 7) is 6.49. The first kappa shape index (κ1) is 27.7. The standard InChI is InChI=1S/C28H36Cl2N5O2P/c1-2-15-35-28(23-11-5-6-12-25(23)31-35)38(33-16-7-3-8-17-33,34-18-9-4-10-19-34)32-27(36)21-37-26-14-13-22(29)20-24(26)30/h5-6,11-14,20H,2-4,7-10,15-19,21H2,1H3. The minimum absolute atomic E-state index is 0.176. The number of carbonyl (C=O) groups is 1. The Labute approximate surface area is 235 Å². The van der Waals surface area contributed by atoms with Crippen molar-refractivity contribution in [1.82, 2.24) is 19.1 Å². The minimum Gasteiger partial charge on any atom is -0.482 e. The summed E-state index contributed by atoms with van der Waals surface area (Å²) >= 11 is 12.4. The van der Waals surface area contributed by atoms with Crippen molar-refractivity contribution in [3.8, 4) is 5.75 Å². The topological polar surface area (TPSA) is 63.0 Å². The zero-order valence-corrected chi connectivity index (χ0v) is 24.4.